The minimum Gasteiger partial charge on any atom is -0.479 e. The van der Waals surface area contributed by atoms with Crippen LogP contribution in [0.2, 0.25) is 0 Å². The van der Waals surface area contributed by atoms with Crippen LogP contribution in [0.4, 0.5) is 0 Å². The van der Waals surface area contributed by atoms with Crippen molar-refractivity contribution in [3.05, 3.63) is 48.0 Å². The molecule has 0 spiro atoms. The Hall–Kier alpha value is -3.85. The normalized spacial score (nSPS) is 30.0. The smallest absolute Gasteiger partial charge is 0.344 e. The fourth-order valence-electron chi connectivity index (χ4n) is 6.83. The van der Waals surface area contributed by atoms with Crippen LogP contribution in [0.5, 0.6) is 0 Å². The maximum absolute atomic E-state index is 13.1. The first kappa shape index (κ1) is 39.6. The molecule has 2 heterocycles. The van der Waals surface area contributed by atoms with Crippen molar-refractivity contribution in [3.63, 3.8) is 0 Å². The zero-order valence-electron chi connectivity index (χ0n) is 28.5. The van der Waals surface area contributed by atoms with Gasteiger partial charge in [0.15, 0.2) is 6.10 Å². The maximum Gasteiger partial charge on any atom is 0.344 e. The van der Waals surface area contributed by atoms with Gasteiger partial charge in [0.05, 0.1) is 0 Å². The van der Waals surface area contributed by atoms with Crippen molar-refractivity contribution in [1.29, 1.82) is 0 Å². The molecule has 2 aliphatic heterocycles. The predicted octanol–water partition coefficient (Wildman–Crippen LogP) is 3.11. The quantitative estimate of drug-likeness (QED) is 0.110. The summed E-state index contributed by atoms with van der Waals surface area (Å²) in [4.78, 5) is 63.1. The third-order valence-corrected chi connectivity index (χ3v) is 9.61. The van der Waals surface area contributed by atoms with Gasteiger partial charge in [-0.2, -0.15) is 0 Å². The number of fused-ring (bicyclic) bond motifs is 2. The number of esters is 2. The Bertz CT molecular complexity index is 1400. The molecule has 10 atom stereocenters. The van der Waals surface area contributed by atoms with E-state index in [0.717, 1.165) is 18.4 Å². The highest BCUT2D eigenvalue weighted by atomic mass is 16.8. The summed E-state index contributed by atoms with van der Waals surface area (Å²) in [5, 5.41) is 53.6. The molecule has 49 heavy (non-hydrogen) atoms. The lowest BCUT2D eigenvalue weighted by Crippen LogP contribution is -2.78. The van der Waals surface area contributed by atoms with Crippen molar-refractivity contribution in [2.75, 3.05) is 0 Å². The van der Waals surface area contributed by atoms with Crippen molar-refractivity contribution in [3.8, 4) is 0 Å². The average molecular weight is 693 g/mol. The molecule has 3 rings (SSSR count). The number of rotatable bonds is 18. The first-order valence-corrected chi connectivity index (χ1v) is 16.4. The van der Waals surface area contributed by atoms with Gasteiger partial charge in [-0.1, -0.05) is 71.0 Å². The fraction of sp³-hybridized carbons (Fsp3) is 0.629. The van der Waals surface area contributed by atoms with E-state index in [9.17, 15) is 49.5 Å². The zero-order chi connectivity index (χ0) is 36.9. The Kier molecular flexibility index (Phi) is 12.8. The third kappa shape index (κ3) is 7.98. The number of carbonyl (C=O) groups excluding carboxylic acids is 2. The summed E-state index contributed by atoms with van der Waals surface area (Å²) >= 11 is 0. The van der Waals surface area contributed by atoms with E-state index >= 15 is 0 Å². The van der Waals surface area contributed by atoms with Crippen LogP contribution in [-0.2, 0) is 49.3 Å². The molecule has 0 amide bonds. The Morgan fingerprint density at radius 3 is 2.14 bits per heavy atom. The Labute approximate surface area is 285 Å². The molecule has 0 radical (unpaired) electrons. The number of carbonyl (C=O) groups is 5. The van der Waals surface area contributed by atoms with Crippen LogP contribution < -0.4 is 0 Å². The molecule has 1 aromatic carbocycles. The van der Waals surface area contributed by atoms with E-state index in [0.29, 0.717) is 18.8 Å². The average Bonchev–Trinajstić information content (AvgIpc) is 3.25. The van der Waals surface area contributed by atoms with Gasteiger partial charge in [0.1, 0.15) is 12.2 Å². The van der Waals surface area contributed by atoms with Gasteiger partial charge < -0.3 is 44.5 Å². The SMILES string of the molecule is C=C(CC[C@]12O[C@H](C(=O)O)[C@@](O)(C(=O)O)[C@](C(=O)O)(O1)[C@H](OC(=O)CC[C@@H](C)C[C@@H](C)CC)[C@H]2O)[C@@H](OC(C)=O)[C@H](C)Cc1ccccc1. The van der Waals surface area contributed by atoms with Gasteiger partial charge in [-0.05, 0) is 48.7 Å². The van der Waals surface area contributed by atoms with Crippen LogP contribution in [0.1, 0.15) is 78.7 Å². The first-order valence-electron chi connectivity index (χ1n) is 16.4. The molecule has 2 fully saturated rings. The molecule has 2 aliphatic rings. The van der Waals surface area contributed by atoms with Gasteiger partial charge in [0.25, 0.3) is 0 Å². The second kappa shape index (κ2) is 15.8. The number of aliphatic hydroxyl groups excluding tert-OH is 1. The van der Waals surface area contributed by atoms with E-state index in [-0.39, 0.29) is 30.3 Å². The number of aliphatic carboxylic acids is 3. The second-order valence-corrected chi connectivity index (χ2v) is 13.5. The lowest BCUT2D eigenvalue weighted by atomic mass is 9.74. The van der Waals surface area contributed by atoms with E-state index in [4.69, 9.17) is 18.9 Å². The van der Waals surface area contributed by atoms with Gasteiger partial charge in [-0.15, -0.1) is 0 Å². The summed E-state index contributed by atoms with van der Waals surface area (Å²) in [6.45, 7) is 13.0. The van der Waals surface area contributed by atoms with Crippen LogP contribution in [0.15, 0.2) is 42.5 Å². The van der Waals surface area contributed by atoms with Crippen LogP contribution in [-0.4, -0.2) is 96.8 Å². The van der Waals surface area contributed by atoms with Crippen LogP contribution >= 0.6 is 0 Å². The third-order valence-electron chi connectivity index (χ3n) is 9.61. The minimum atomic E-state index is -3.87. The number of carboxylic acids is 3. The van der Waals surface area contributed by atoms with Crippen LogP contribution in [0.25, 0.3) is 0 Å². The van der Waals surface area contributed by atoms with E-state index in [1.54, 1.807) is 0 Å². The summed E-state index contributed by atoms with van der Waals surface area (Å²) in [7, 11) is 0. The molecule has 1 aromatic rings. The molecule has 0 unspecified atom stereocenters. The molecular formula is C35H48O14. The molecule has 14 nitrogen and oxygen atoms in total. The van der Waals surface area contributed by atoms with Gasteiger partial charge in [-0.25, -0.2) is 14.4 Å². The molecular weight excluding hydrogens is 644 g/mol. The fourth-order valence-corrected chi connectivity index (χ4v) is 6.83. The van der Waals surface area contributed by atoms with Crippen LogP contribution in [0, 0.1) is 17.8 Å². The number of aliphatic hydroxyl groups is 2. The second-order valence-electron chi connectivity index (χ2n) is 13.5. The molecule has 0 aliphatic carbocycles. The Morgan fingerprint density at radius 1 is 0.980 bits per heavy atom. The first-order chi connectivity index (χ1) is 22.9. The van der Waals surface area contributed by atoms with Crippen LogP contribution in [0.3, 0.4) is 0 Å². The Balaban J connectivity index is 1.98. The molecule has 2 bridgehead atoms. The van der Waals surface area contributed by atoms with Crippen molar-refractivity contribution in [2.45, 2.75) is 121 Å². The van der Waals surface area contributed by atoms with Gasteiger partial charge in [0.2, 0.25) is 23.1 Å². The highest BCUT2D eigenvalue weighted by molar-refractivity contribution is 5.98. The topological polar surface area (TPSA) is 223 Å². The Morgan fingerprint density at radius 2 is 1.61 bits per heavy atom. The van der Waals surface area contributed by atoms with E-state index in [1.165, 1.54) is 6.92 Å². The van der Waals surface area contributed by atoms with Gasteiger partial charge >= 0.3 is 29.8 Å². The lowest BCUT2D eigenvalue weighted by Gasteiger charge is -2.48. The predicted molar refractivity (Wildman–Crippen MR) is 171 cm³/mol. The molecule has 0 saturated carbocycles. The highest BCUT2D eigenvalue weighted by Gasteiger charge is 2.85. The maximum atomic E-state index is 13.1. The number of carboxylic acid groups (broad SMARTS) is 3. The molecule has 14 heteroatoms. The van der Waals surface area contributed by atoms with Crippen molar-refractivity contribution in [2.24, 2.45) is 17.8 Å². The van der Waals surface area contributed by atoms with E-state index in [1.807, 2.05) is 51.1 Å². The largest absolute Gasteiger partial charge is 0.479 e. The summed E-state index contributed by atoms with van der Waals surface area (Å²) in [5.74, 6) is -10.8. The molecule has 272 valence electrons. The summed E-state index contributed by atoms with van der Waals surface area (Å²) in [6, 6.07) is 9.31. The monoisotopic (exact) mass is 692 g/mol. The van der Waals surface area contributed by atoms with E-state index < -0.39 is 77.7 Å². The molecule has 5 N–H and O–H groups in total. The minimum absolute atomic E-state index is 0.0578. The molecule has 2 saturated heterocycles. The standard InChI is InChI=1S/C35H48O14/c1-7-19(2)17-20(3)13-14-25(37)47-28-27(38)33(48-29(30(39)40)34(45,31(41)42)35(28,49-33)32(43)44)16-15-21(4)26(46-23(6)36)22(5)18-24-11-9-8-10-12-24/h8-12,19-20,22,26-29,38,45H,4,7,13-18H2,1-3,5-6H3,(H,39,40)(H,41,42)(H,43,44)/t19-,20+,22+,26+,27+,28+,29+,33-,34+,35-/m0/s1. The van der Waals surface area contributed by atoms with Crippen molar-refractivity contribution >= 4 is 29.8 Å². The zero-order valence-corrected chi connectivity index (χ0v) is 28.5. The summed E-state index contributed by atoms with van der Waals surface area (Å²) < 4.78 is 22.2. The molecule has 0 aromatic heterocycles. The highest BCUT2D eigenvalue weighted by Crippen LogP contribution is 2.56. The van der Waals surface area contributed by atoms with Crippen molar-refractivity contribution in [1.82, 2.24) is 0 Å². The van der Waals surface area contributed by atoms with E-state index in [2.05, 4.69) is 13.5 Å². The van der Waals surface area contributed by atoms with Crippen molar-refractivity contribution < 1.29 is 68.5 Å². The summed E-state index contributed by atoms with van der Waals surface area (Å²) in [5.41, 5.74) is -6.20. The number of ether oxygens (including phenoxy) is 4. The van der Waals surface area contributed by atoms with Gasteiger partial charge in [-0.3, -0.25) is 9.59 Å². The number of hydrogen-bond donors (Lipinski definition) is 5. The summed E-state index contributed by atoms with van der Waals surface area (Å²) in [6.07, 6.45) is -6.96. The number of hydrogen-bond acceptors (Lipinski definition) is 11. The van der Waals surface area contributed by atoms with Gasteiger partial charge in [0, 0.05) is 25.7 Å². The number of benzene rings is 1. The lowest BCUT2D eigenvalue weighted by molar-refractivity contribution is -0.374.